The first-order chi connectivity index (χ1) is 10.3. The third kappa shape index (κ3) is 3.97. The van der Waals surface area contributed by atoms with Gasteiger partial charge in [0, 0.05) is 17.7 Å². The zero-order valence-electron chi connectivity index (χ0n) is 11.1. The third-order valence-electron chi connectivity index (χ3n) is 2.85. The number of aliphatic imine (C=N–C) groups is 1. The van der Waals surface area contributed by atoms with E-state index in [0.717, 1.165) is 17.0 Å². The van der Waals surface area contributed by atoms with Crippen LogP contribution >= 0.6 is 22.9 Å². The second-order valence-electron chi connectivity index (χ2n) is 4.45. The van der Waals surface area contributed by atoms with Crippen molar-refractivity contribution in [1.82, 2.24) is 10.2 Å². The van der Waals surface area contributed by atoms with Crippen molar-refractivity contribution < 1.29 is 0 Å². The molecule has 0 aliphatic heterocycles. The monoisotopic (exact) mass is 313 g/mol. The van der Waals surface area contributed by atoms with E-state index in [-0.39, 0.29) is 0 Å². The molecule has 0 radical (unpaired) electrons. The minimum Gasteiger partial charge on any atom is -0.226 e. The Hall–Kier alpha value is -2.04. The molecule has 3 aromatic rings. The Kier molecular flexibility index (Phi) is 4.38. The first-order valence-corrected chi connectivity index (χ1v) is 7.65. The fourth-order valence-electron chi connectivity index (χ4n) is 1.82. The van der Waals surface area contributed by atoms with Crippen molar-refractivity contribution >= 4 is 34.3 Å². The van der Waals surface area contributed by atoms with E-state index in [1.807, 2.05) is 42.5 Å². The quantitative estimate of drug-likeness (QED) is 0.664. The van der Waals surface area contributed by atoms with Gasteiger partial charge in [-0.1, -0.05) is 65.4 Å². The van der Waals surface area contributed by atoms with Gasteiger partial charge in [-0.05, 0) is 23.3 Å². The van der Waals surface area contributed by atoms with E-state index in [1.54, 1.807) is 6.21 Å². The summed E-state index contributed by atoms with van der Waals surface area (Å²) >= 11 is 7.35. The van der Waals surface area contributed by atoms with Crippen molar-refractivity contribution in [2.24, 2.45) is 4.99 Å². The summed E-state index contributed by atoms with van der Waals surface area (Å²) in [6, 6.07) is 17.7. The number of rotatable bonds is 4. The topological polar surface area (TPSA) is 38.1 Å². The minimum absolute atomic E-state index is 0.663. The zero-order chi connectivity index (χ0) is 14.5. The summed E-state index contributed by atoms with van der Waals surface area (Å²) in [6.45, 7) is 0. The van der Waals surface area contributed by atoms with Gasteiger partial charge >= 0.3 is 0 Å². The fraction of sp³-hybridized carbons (Fsp3) is 0.0625. The molecule has 0 N–H and O–H groups in total. The molecule has 0 amide bonds. The molecule has 5 heteroatoms. The van der Waals surface area contributed by atoms with Gasteiger partial charge in [-0.25, -0.2) is 4.99 Å². The van der Waals surface area contributed by atoms with E-state index in [2.05, 4.69) is 27.3 Å². The lowest BCUT2D eigenvalue weighted by Gasteiger charge is -1.94. The van der Waals surface area contributed by atoms with Crippen molar-refractivity contribution in [1.29, 1.82) is 0 Å². The van der Waals surface area contributed by atoms with E-state index in [9.17, 15) is 0 Å². The molecule has 1 heterocycles. The Bertz CT molecular complexity index is 736. The van der Waals surface area contributed by atoms with Crippen LogP contribution < -0.4 is 0 Å². The molecule has 0 fully saturated rings. The Balaban J connectivity index is 1.69. The normalized spacial score (nSPS) is 11.1. The van der Waals surface area contributed by atoms with Gasteiger partial charge < -0.3 is 0 Å². The largest absolute Gasteiger partial charge is 0.231 e. The molecule has 104 valence electrons. The summed E-state index contributed by atoms with van der Waals surface area (Å²) in [5.41, 5.74) is 2.21. The predicted molar refractivity (Wildman–Crippen MR) is 87.9 cm³/mol. The summed E-state index contributed by atoms with van der Waals surface area (Å²) in [6.07, 6.45) is 2.55. The van der Waals surface area contributed by atoms with Crippen molar-refractivity contribution in [3.8, 4) is 0 Å². The molecule has 0 aliphatic carbocycles. The number of hydrogen-bond acceptors (Lipinski definition) is 4. The molecule has 0 unspecified atom stereocenters. The first-order valence-electron chi connectivity index (χ1n) is 6.45. The molecular formula is C16H12ClN3S. The maximum atomic E-state index is 5.84. The molecule has 0 saturated heterocycles. The third-order valence-corrected chi connectivity index (χ3v) is 3.93. The lowest BCUT2D eigenvalue weighted by atomic mass is 10.2. The van der Waals surface area contributed by atoms with E-state index in [1.165, 1.54) is 16.9 Å². The van der Waals surface area contributed by atoms with Gasteiger partial charge in [-0.15, -0.1) is 10.2 Å². The summed E-state index contributed by atoms with van der Waals surface area (Å²) in [4.78, 5) is 4.35. The Morgan fingerprint density at radius 1 is 1.00 bits per heavy atom. The van der Waals surface area contributed by atoms with Crippen LogP contribution in [0, 0.1) is 0 Å². The highest BCUT2D eigenvalue weighted by atomic mass is 35.5. The van der Waals surface area contributed by atoms with Crippen LogP contribution in [0.5, 0.6) is 0 Å². The molecular weight excluding hydrogens is 302 g/mol. The van der Waals surface area contributed by atoms with Gasteiger partial charge in [0.15, 0.2) is 0 Å². The molecule has 3 rings (SSSR count). The van der Waals surface area contributed by atoms with Gasteiger partial charge in [0.2, 0.25) is 5.13 Å². The summed E-state index contributed by atoms with van der Waals surface area (Å²) in [5, 5.41) is 10.6. The zero-order valence-corrected chi connectivity index (χ0v) is 12.7. The highest BCUT2D eigenvalue weighted by molar-refractivity contribution is 7.15. The number of benzene rings is 2. The molecule has 0 spiro atoms. The second-order valence-corrected chi connectivity index (χ2v) is 5.93. The summed E-state index contributed by atoms with van der Waals surface area (Å²) in [5.74, 6) is 0. The van der Waals surface area contributed by atoms with Crippen molar-refractivity contribution in [3.05, 3.63) is 75.8 Å². The number of halogens is 1. The van der Waals surface area contributed by atoms with Crippen molar-refractivity contribution in [2.45, 2.75) is 6.42 Å². The van der Waals surface area contributed by atoms with Gasteiger partial charge in [0.25, 0.3) is 0 Å². The van der Waals surface area contributed by atoms with Crippen LogP contribution in [0.2, 0.25) is 5.02 Å². The predicted octanol–water partition coefficient (Wildman–Crippen LogP) is 4.53. The minimum atomic E-state index is 0.663. The number of aromatic nitrogens is 2. The Labute approximate surface area is 132 Å². The van der Waals surface area contributed by atoms with Crippen LogP contribution in [0.4, 0.5) is 5.13 Å². The Morgan fingerprint density at radius 2 is 1.76 bits per heavy atom. The van der Waals surface area contributed by atoms with Crippen LogP contribution in [-0.4, -0.2) is 16.4 Å². The van der Waals surface area contributed by atoms with Gasteiger partial charge in [0.05, 0.1) is 0 Å². The van der Waals surface area contributed by atoms with Gasteiger partial charge in [-0.2, -0.15) is 0 Å². The molecule has 2 aromatic carbocycles. The Morgan fingerprint density at radius 3 is 2.52 bits per heavy atom. The molecule has 1 aromatic heterocycles. The maximum Gasteiger partial charge on any atom is 0.231 e. The standard InChI is InChI=1S/C16H12ClN3S/c17-14-8-6-13(7-9-14)11-18-16-20-19-15(21-16)10-12-4-2-1-3-5-12/h1-9,11H,10H2. The molecule has 0 atom stereocenters. The molecule has 0 aliphatic rings. The summed E-state index contributed by atoms with van der Waals surface area (Å²) in [7, 11) is 0. The van der Waals surface area contributed by atoms with Crippen LogP contribution in [0.1, 0.15) is 16.1 Å². The summed E-state index contributed by atoms with van der Waals surface area (Å²) < 4.78 is 0. The van der Waals surface area contributed by atoms with Crippen LogP contribution in [0.3, 0.4) is 0 Å². The van der Waals surface area contributed by atoms with Crippen molar-refractivity contribution in [2.75, 3.05) is 0 Å². The van der Waals surface area contributed by atoms with Crippen LogP contribution in [0.25, 0.3) is 0 Å². The van der Waals surface area contributed by atoms with E-state index in [4.69, 9.17) is 11.6 Å². The van der Waals surface area contributed by atoms with Crippen LogP contribution in [0.15, 0.2) is 59.6 Å². The lowest BCUT2D eigenvalue weighted by molar-refractivity contribution is 1.00. The molecule has 21 heavy (non-hydrogen) atoms. The smallest absolute Gasteiger partial charge is 0.226 e. The fourth-order valence-corrected chi connectivity index (χ4v) is 2.66. The number of nitrogens with zero attached hydrogens (tertiary/aromatic N) is 3. The first kappa shape index (κ1) is 13.9. The second kappa shape index (κ2) is 6.61. The molecule has 3 nitrogen and oxygen atoms in total. The van der Waals surface area contributed by atoms with Gasteiger partial charge in [0.1, 0.15) is 5.01 Å². The SMILES string of the molecule is Clc1ccc(C=Nc2nnc(Cc3ccccc3)s2)cc1. The van der Waals surface area contributed by atoms with Crippen molar-refractivity contribution in [3.63, 3.8) is 0 Å². The van der Waals surface area contributed by atoms with Gasteiger partial charge in [-0.3, -0.25) is 0 Å². The van der Waals surface area contributed by atoms with E-state index >= 15 is 0 Å². The van der Waals surface area contributed by atoms with E-state index in [0.29, 0.717) is 10.2 Å². The van der Waals surface area contributed by atoms with E-state index < -0.39 is 0 Å². The van der Waals surface area contributed by atoms with Crippen LogP contribution in [-0.2, 0) is 6.42 Å². The maximum absolute atomic E-state index is 5.84. The average Bonchev–Trinajstić information content (AvgIpc) is 2.95. The number of hydrogen-bond donors (Lipinski definition) is 0. The molecule has 0 bridgehead atoms. The average molecular weight is 314 g/mol. The highest BCUT2D eigenvalue weighted by Crippen LogP contribution is 2.21. The molecule has 0 saturated carbocycles. The lowest BCUT2D eigenvalue weighted by Crippen LogP contribution is -1.85. The highest BCUT2D eigenvalue weighted by Gasteiger charge is 2.03.